The van der Waals surface area contributed by atoms with Crippen LogP contribution in [0, 0.1) is 0 Å². The Morgan fingerprint density at radius 3 is 2.43 bits per heavy atom. The van der Waals surface area contributed by atoms with Crippen LogP contribution in [0.25, 0.3) is 0 Å². The van der Waals surface area contributed by atoms with Crippen molar-refractivity contribution in [2.24, 2.45) is 0 Å². The van der Waals surface area contributed by atoms with Crippen molar-refractivity contribution in [1.82, 2.24) is 10.2 Å². The maximum atomic E-state index is 13.1. The van der Waals surface area contributed by atoms with Crippen molar-refractivity contribution in [1.29, 1.82) is 0 Å². The summed E-state index contributed by atoms with van der Waals surface area (Å²) < 4.78 is 5.61. The van der Waals surface area contributed by atoms with Crippen LogP contribution in [0.15, 0.2) is 42.5 Å². The molecule has 30 heavy (non-hydrogen) atoms. The largest absolute Gasteiger partial charge is 0.482 e. The van der Waals surface area contributed by atoms with Crippen molar-refractivity contribution in [3.05, 3.63) is 63.1 Å². The molecule has 0 spiro atoms. The molecule has 0 aliphatic rings. The predicted octanol–water partition coefficient (Wildman–Crippen LogP) is 5.36. The van der Waals surface area contributed by atoms with Crippen molar-refractivity contribution < 1.29 is 14.3 Å². The van der Waals surface area contributed by atoms with Gasteiger partial charge in [0.15, 0.2) is 6.61 Å². The fourth-order valence-electron chi connectivity index (χ4n) is 2.90. The lowest BCUT2D eigenvalue weighted by Crippen LogP contribution is -2.50. The first-order chi connectivity index (χ1) is 14.4. The number of nitrogens with one attached hydrogen (secondary N) is 1. The van der Waals surface area contributed by atoms with Crippen LogP contribution in [-0.2, 0) is 16.1 Å². The number of amides is 2. The van der Waals surface area contributed by atoms with Gasteiger partial charge in [-0.15, -0.1) is 0 Å². The van der Waals surface area contributed by atoms with Crippen LogP contribution in [0.5, 0.6) is 5.75 Å². The second kappa shape index (κ2) is 12.0. The van der Waals surface area contributed by atoms with Gasteiger partial charge in [0.1, 0.15) is 11.8 Å². The molecule has 0 aliphatic carbocycles. The minimum Gasteiger partial charge on any atom is -0.482 e. The number of hydrogen-bond donors (Lipinski definition) is 1. The third kappa shape index (κ3) is 6.79. The highest BCUT2D eigenvalue weighted by molar-refractivity contribution is 6.35. The molecular weight excluding hydrogens is 447 g/mol. The molecule has 0 saturated carbocycles. The normalized spacial score (nSPS) is 11.6. The lowest BCUT2D eigenvalue weighted by Gasteiger charge is -2.31. The summed E-state index contributed by atoms with van der Waals surface area (Å²) in [5.74, 6) is -0.157. The number of rotatable bonds is 10. The maximum absolute atomic E-state index is 13.1. The van der Waals surface area contributed by atoms with Crippen LogP contribution in [0.2, 0.25) is 15.1 Å². The van der Waals surface area contributed by atoms with Crippen molar-refractivity contribution in [2.75, 3.05) is 13.2 Å². The molecule has 2 aromatic rings. The van der Waals surface area contributed by atoms with E-state index in [0.29, 0.717) is 39.3 Å². The van der Waals surface area contributed by atoms with E-state index < -0.39 is 6.04 Å². The summed E-state index contributed by atoms with van der Waals surface area (Å²) in [5, 5.41) is 4.19. The molecular formula is C22H25Cl3N2O3. The molecule has 0 bridgehead atoms. The smallest absolute Gasteiger partial charge is 0.261 e. The average Bonchev–Trinajstić information content (AvgIpc) is 2.72. The monoisotopic (exact) mass is 470 g/mol. The third-order valence-corrected chi connectivity index (χ3v) is 5.38. The standard InChI is InChI=1S/C22H25Cl3N2O3/c1-3-11-26-22(29)19(4-2)27(13-15-9-10-16(23)12-18(15)25)21(28)14-30-20-8-6-5-7-17(20)24/h5-10,12,19H,3-4,11,13-14H2,1-2H3,(H,26,29). The van der Waals surface area contributed by atoms with Crippen LogP contribution in [-0.4, -0.2) is 35.9 Å². The topological polar surface area (TPSA) is 58.6 Å². The summed E-state index contributed by atoms with van der Waals surface area (Å²) in [4.78, 5) is 27.3. The van der Waals surface area contributed by atoms with Crippen LogP contribution in [0.3, 0.4) is 0 Å². The Balaban J connectivity index is 2.25. The van der Waals surface area contributed by atoms with Gasteiger partial charge in [-0.3, -0.25) is 9.59 Å². The maximum Gasteiger partial charge on any atom is 0.261 e. The van der Waals surface area contributed by atoms with E-state index in [4.69, 9.17) is 39.5 Å². The van der Waals surface area contributed by atoms with Gasteiger partial charge in [-0.05, 0) is 42.7 Å². The van der Waals surface area contributed by atoms with Crippen LogP contribution in [0.4, 0.5) is 0 Å². The summed E-state index contributed by atoms with van der Waals surface area (Å²) in [6.07, 6.45) is 1.24. The molecule has 5 nitrogen and oxygen atoms in total. The molecule has 2 rings (SSSR count). The fraction of sp³-hybridized carbons (Fsp3) is 0.364. The van der Waals surface area contributed by atoms with E-state index in [1.807, 2.05) is 13.8 Å². The zero-order chi connectivity index (χ0) is 22.1. The van der Waals surface area contributed by atoms with Crippen molar-refractivity contribution in [3.8, 4) is 5.75 Å². The summed E-state index contributed by atoms with van der Waals surface area (Å²) in [7, 11) is 0. The van der Waals surface area contributed by atoms with E-state index in [9.17, 15) is 9.59 Å². The minimum atomic E-state index is -0.661. The molecule has 1 unspecified atom stereocenters. The molecule has 1 atom stereocenters. The average molecular weight is 472 g/mol. The highest BCUT2D eigenvalue weighted by Crippen LogP contribution is 2.25. The van der Waals surface area contributed by atoms with E-state index in [0.717, 1.165) is 6.42 Å². The van der Waals surface area contributed by atoms with E-state index in [2.05, 4.69) is 5.32 Å². The zero-order valence-corrected chi connectivity index (χ0v) is 19.2. The quantitative estimate of drug-likeness (QED) is 0.507. The first-order valence-corrected chi connectivity index (χ1v) is 10.9. The van der Waals surface area contributed by atoms with Crippen molar-refractivity contribution >= 4 is 46.6 Å². The number of nitrogens with zero attached hydrogens (tertiary/aromatic N) is 1. The fourth-order valence-corrected chi connectivity index (χ4v) is 3.56. The highest BCUT2D eigenvalue weighted by atomic mass is 35.5. The molecule has 162 valence electrons. The predicted molar refractivity (Wildman–Crippen MR) is 121 cm³/mol. The summed E-state index contributed by atoms with van der Waals surface area (Å²) in [6, 6.07) is 11.3. The Morgan fingerprint density at radius 2 is 1.80 bits per heavy atom. The van der Waals surface area contributed by atoms with Gasteiger partial charge in [0.2, 0.25) is 5.91 Å². The van der Waals surface area contributed by atoms with Gasteiger partial charge in [0.25, 0.3) is 5.91 Å². The van der Waals surface area contributed by atoms with Gasteiger partial charge in [-0.1, -0.05) is 66.8 Å². The SMILES string of the molecule is CCCNC(=O)C(CC)N(Cc1ccc(Cl)cc1Cl)C(=O)COc1ccccc1Cl. The number of hydrogen-bond acceptors (Lipinski definition) is 3. The first-order valence-electron chi connectivity index (χ1n) is 9.75. The van der Waals surface area contributed by atoms with E-state index in [1.165, 1.54) is 4.90 Å². The minimum absolute atomic E-state index is 0.152. The number of carbonyl (C=O) groups is 2. The number of para-hydroxylation sites is 1. The molecule has 0 aliphatic heterocycles. The van der Waals surface area contributed by atoms with E-state index in [-0.39, 0.29) is 25.0 Å². The Hall–Kier alpha value is -1.95. The zero-order valence-electron chi connectivity index (χ0n) is 17.0. The Morgan fingerprint density at radius 1 is 1.07 bits per heavy atom. The van der Waals surface area contributed by atoms with Crippen molar-refractivity contribution in [3.63, 3.8) is 0 Å². The van der Waals surface area contributed by atoms with E-state index in [1.54, 1.807) is 42.5 Å². The molecule has 2 aromatic carbocycles. The molecule has 1 N–H and O–H groups in total. The van der Waals surface area contributed by atoms with Gasteiger partial charge in [-0.2, -0.15) is 0 Å². The summed E-state index contributed by atoms with van der Waals surface area (Å²) in [5.41, 5.74) is 0.689. The Kier molecular flexibility index (Phi) is 9.76. The molecule has 0 saturated heterocycles. The molecule has 0 fully saturated rings. The Bertz CT molecular complexity index is 876. The summed E-state index contributed by atoms with van der Waals surface area (Å²) in [6.45, 7) is 4.25. The van der Waals surface area contributed by atoms with Gasteiger partial charge < -0.3 is 15.0 Å². The number of carbonyl (C=O) groups excluding carboxylic acids is 2. The Labute approximate surface area is 192 Å². The van der Waals surface area contributed by atoms with Gasteiger partial charge in [0.05, 0.1) is 5.02 Å². The van der Waals surface area contributed by atoms with Crippen LogP contribution >= 0.6 is 34.8 Å². The first kappa shape index (κ1) is 24.3. The number of ether oxygens (including phenoxy) is 1. The molecule has 0 heterocycles. The number of halogens is 3. The molecule has 8 heteroatoms. The summed E-state index contributed by atoms with van der Waals surface area (Å²) >= 11 is 18.4. The lowest BCUT2D eigenvalue weighted by atomic mass is 10.1. The highest BCUT2D eigenvalue weighted by Gasteiger charge is 2.29. The van der Waals surface area contributed by atoms with Gasteiger partial charge >= 0.3 is 0 Å². The molecule has 0 aromatic heterocycles. The molecule has 2 amide bonds. The third-order valence-electron chi connectivity index (χ3n) is 4.48. The van der Waals surface area contributed by atoms with Crippen LogP contribution in [0.1, 0.15) is 32.3 Å². The van der Waals surface area contributed by atoms with Crippen molar-refractivity contribution in [2.45, 2.75) is 39.3 Å². The van der Waals surface area contributed by atoms with Gasteiger partial charge in [-0.25, -0.2) is 0 Å². The van der Waals surface area contributed by atoms with Gasteiger partial charge in [0, 0.05) is 23.1 Å². The van der Waals surface area contributed by atoms with Crippen LogP contribution < -0.4 is 10.1 Å². The lowest BCUT2D eigenvalue weighted by molar-refractivity contribution is -0.143. The molecule has 0 radical (unpaired) electrons. The number of benzene rings is 2. The van der Waals surface area contributed by atoms with E-state index >= 15 is 0 Å². The second-order valence-corrected chi connectivity index (χ2v) is 7.94. The second-order valence-electron chi connectivity index (χ2n) is 6.69.